The smallest absolute Gasteiger partial charge is 0.328 e. The first-order valence-corrected chi connectivity index (χ1v) is 7.92. The number of rotatable bonds is 6. The van der Waals surface area contributed by atoms with Crippen molar-refractivity contribution in [2.75, 3.05) is 6.54 Å². The molecule has 0 atom stereocenters. The van der Waals surface area contributed by atoms with Crippen LogP contribution in [0.3, 0.4) is 0 Å². The average Bonchev–Trinajstić information content (AvgIpc) is 3.22. The van der Waals surface area contributed by atoms with Crippen molar-refractivity contribution >= 4 is 22.1 Å². The van der Waals surface area contributed by atoms with Crippen LogP contribution < -0.4 is 0 Å². The fourth-order valence-corrected chi connectivity index (χ4v) is 3.73. The van der Waals surface area contributed by atoms with Crippen molar-refractivity contribution in [3.8, 4) is 0 Å². The topological polar surface area (TPSA) is 74.7 Å². The number of carboxylic acids is 1. The monoisotopic (exact) mass is 295 g/mol. The van der Waals surface area contributed by atoms with Crippen LogP contribution >= 0.6 is 0 Å². The Morgan fingerprint density at radius 1 is 1.35 bits per heavy atom. The number of benzene rings is 1. The molecule has 1 fully saturated rings. The van der Waals surface area contributed by atoms with E-state index in [1.165, 1.54) is 22.5 Å². The van der Waals surface area contributed by atoms with Crippen LogP contribution in [0.25, 0.3) is 6.08 Å². The SMILES string of the molecule is CCN(C1CC1)S(=O)(=O)c1ccc(/C=C/C(=O)O)cc1. The molecule has 6 heteroatoms. The molecule has 1 aromatic rings. The maximum Gasteiger partial charge on any atom is 0.328 e. The molecule has 0 radical (unpaired) electrons. The van der Waals surface area contributed by atoms with Crippen molar-refractivity contribution in [2.45, 2.75) is 30.7 Å². The Morgan fingerprint density at radius 2 is 1.95 bits per heavy atom. The van der Waals surface area contributed by atoms with Gasteiger partial charge in [0.25, 0.3) is 0 Å². The third kappa shape index (κ3) is 3.26. The number of nitrogens with zero attached hydrogens (tertiary/aromatic N) is 1. The van der Waals surface area contributed by atoms with E-state index in [0.29, 0.717) is 12.1 Å². The highest BCUT2D eigenvalue weighted by atomic mass is 32.2. The minimum atomic E-state index is -3.44. The molecule has 0 spiro atoms. The Bertz CT molecular complexity index is 615. The molecule has 5 nitrogen and oxygen atoms in total. The molecule has 0 heterocycles. The second kappa shape index (κ2) is 5.76. The zero-order chi connectivity index (χ0) is 14.8. The molecule has 0 aromatic heterocycles. The summed E-state index contributed by atoms with van der Waals surface area (Å²) in [7, 11) is -3.44. The predicted octanol–water partition coefficient (Wildman–Crippen LogP) is 1.96. The van der Waals surface area contributed by atoms with Crippen LogP contribution in [0.2, 0.25) is 0 Å². The molecule has 20 heavy (non-hydrogen) atoms. The first kappa shape index (κ1) is 14.7. The zero-order valence-electron chi connectivity index (χ0n) is 11.2. The molecule has 0 aliphatic heterocycles. The van der Waals surface area contributed by atoms with Gasteiger partial charge >= 0.3 is 5.97 Å². The molecule has 0 unspecified atom stereocenters. The lowest BCUT2D eigenvalue weighted by Crippen LogP contribution is -2.32. The summed E-state index contributed by atoms with van der Waals surface area (Å²) in [5, 5.41) is 8.54. The van der Waals surface area contributed by atoms with Gasteiger partial charge in [0.1, 0.15) is 0 Å². The molecule has 1 N–H and O–H groups in total. The Balaban J connectivity index is 2.22. The molecule has 0 saturated heterocycles. The molecule has 1 aliphatic rings. The molecule has 1 aliphatic carbocycles. The van der Waals surface area contributed by atoms with Gasteiger partial charge in [-0.1, -0.05) is 19.1 Å². The summed E-state index contributed by atoms with van der Waals surface area (Å²) in [6, 6.07) is 6.38. The highest BCUT2D eigenvalue weighted by molar-refractivity contribution is 7.89. The summed E-state index contributed by atoms with van der Waals surface area (Å²) in [6.07, 6.45) is 4.29. The Kier molecular flexibility index (Phi) is 4.25. The Morgan fingerprint density at radius 3 is 2.40 bits per heavy atom. The van der Waals surface area contributed by atoms with E-state index in [-0.39, 0.29) is 10.9 Å². The van der Waals surface area contributed by atoms with Crippen LogP contribution in [0.4, 0.5) is 0 Å². The lowest BCUT2D eigenvalue weighted by Gasteiger charge is -2.19. The van der Waals surface area contributed by atoms with Gasteiger partial charge in [0, 0.05) is 18.7 Å². The minimum absolute atomic E-state index is 0.136. The van der Waals surface area contributed by atoms with Gasteiger partial charge in [-0.2, -0.15) is 4.31 Å². The Labute approximate surface area is 118 Å². The highest BCUT2D eigenvalue weighted by Crippen LogP contribution is 2.31. The molecule has 0 amide bonds. The molecular weight excluding hydrogens is 278 g/mol. The van der Waals surface area contributed by atoms with Crippen molar-refractivity contribution in [1.82, 2.24) is 4.31 Å². The quantitative estimate of drug-likeness (QED) is 0.814. The number of hydrogen-bond acceptors (Lipinski definition) is 3. The summed E-state index contributed by atoms with van der Waals surface area (Å²) in [5.41, 5.74) is 0.654. The van der Waals surface area contributed by atoms with Crippen LogP contribution in [-0.4, -0.2) is 36.4 Å². The van der Waals surface area contributed by atoms with Crippen molar-refractivity contribution in [3.05, 3.63) is 35.9 Å². The van der Waals surface area contributed by atoms with E-state index < -0.39 is 16.0 Å². The van der Waals surface area contributed by atoms with Crippen LogP contribution in [0.1, 0.15) is 25.3 Å². The first-order chi connectivity index (χ1) is 9.45. The normalized spacial score (nSPS) is 15.9. The van der Waals surface area contributed by atoms with Gasteiger partial charge in [0.15, 0.2) is 0 Å². The van der Waals surface area contributed by atoms with E-state index in [9.17, 15) is 13.2 Å². The van der Waals surface area contributed by atoms with E-state index in [2.05, 4.69) is 0 Å². The first-order valence-electron chi connectivity index (χ1n) is 6.48. The molecule has 2 rings (SSSR count). The number of aliphatic carboxylic acids is 1. The third-order valence-corrected chi connectivity index (χ3v) is 5.21. The van der Waals surface area contributed by atoms with Gasteiger partial charge in [0.2, 0.25) is 10.0 Å². The molecule has 1 saturated carbocycles. The summed E-state index contributed by atoms with van der Waals surface area (Å²) in [5.74, 6) is -1.03. The van der Waals surface area contributed by atoms with E-state index in [1.807, 2.05) is 6.92 Å². The van der Waals surface area contributed by atoms with Crippen LogP contribution in [0, 0.1) is 0 Å². The van der Waals surface area contributed by atoms with Gasteiger partial charge in [0.05, 0.1) is 4.90 Å². The van der Waals surface area contributed by atoms with E-state index in [0.717, 1.165) is 18.9 Å². The van der Waals surface area contributed by atoms with E-state index in [1.54, 1.807) is 12.1 Å². The summed E-state index contributed by atoms with van der Waals surface area (Å²) in [6.45, 7) is 2.30. The minimum Gasteiger partial charge on any atom is -0.478 e. The van der Waals surface area contributed by atoms with Gasteiger partial charge in [-0.3, -0.25) is 0 Å². The van der Waals surface area contributed by atoms with Crippen LogP contribution in [0.5, 0.6) is 0 Å². The van der Waals surface area contributed by atoms with E-state index in [4.69, 9.17) is 5.11 Å². The average molecular weight is 295 g/mol. The lowest BCUT2D eigenvalue weighted by atomic mass is 10.2. The number of carbonyl (C=O) groups is 1. The third-order valence-electron chi connectivity index (χ3n) is 3.17. The van der Waals surface area contributed by atoms with Crippen molar-refractivity contribution < 1.29 is 18.3 Å². The number of hydrogen-bond donors (Lipinski definition) is 1. The summed E-state index contributed by atoms with van der Waals surface area (Å²) < 4.78 is 26.4. The fraction of sp³-hybridized carbons (Fsp3) is 0.357. The number of sulfonamides is 1. The zero-order valence-corrected chi connectivity index (χ0v) is 12.0. The molecule has 0 bridgehead atoms. The van der Waals surface area contributed by atoms with Gasteiger partial charge < -0.3 is 5.11 Å². The molecular formula is C14H17NO4S. The lowest BCUT2D eigenvalue weighted by molar-refractivity contribution is -0.131. The largest absolute Gasteiger partial charge is 0.478 e. The van der Waals surface area contributed by atoms with Crippen LogP contribution in [-0.2, 0) is 14.8 Å². The van der Waals surface area contributed by atoms with E-state index >= 15 is 0 Å². The summed E-state index contributed by atoms with van der Waals surface area (Å²) in [4.78, 5) is 10.7. The Hall–Kier alpha value is -1.66. The van der Waals surface area contributed by atoms with Crippen LogP contribution in [0.15, 0.2) is 35.2 Å². The van der Waals surface area contributed by atoms with Gasteiger partial charge in [-0.05, 0) is 36.6 Å². The fourth-order valence-electron chi connectivity index (χ4n) is 2.04. The number of carboxylic acid groups (broad SMARTS) is 1. The molecule has 1 aromatic carbocycles. The maximum atomic E-state index is 12.4. The second-order valence-electron chi connectivity index (χ2n) is 4.68. The standard InChI is InChI=1S/C14H17NO4S/c1-2-15(12-6-7-12)20(18,19)13-8-3-11(4-9-13)5-10-14(16)17/h3-5,8-10,12H,2,6-7H2,1H3,(H,16,17)/b10-5+. The van der Waals surface area contributed by atoms with Gasteiger partial charge in [-0.25, -0.2) is 13.2 Å². The predicted molar refractivity (Wildman–Crippen MR) is 75.7 cm³/mol. The summed E-state index contributed by atoms with van der Waals surface area (Å²) >= 11 is 0. The van der Waals surface area contributed by atoms with Gasteiger partial charge in [-0.15, -0.1) is 0 Å². The highest BCUT2D eigenvalue weighted by Gasteiger charge is 2.36. The van der Waals surface area contributed by atoms with Crippen molar-refractivity contribution in [2.24, 2.45) is 0 Å². The van der Waals surface area contributed by atoms with Crippen molar-refractivity contribution in [3.63, 3.8) is 0 Å². The molecule has 108 valence electrons. The second-order valence-corrected chi connectivity index (χ2v) is 6.57. The maximum absolute atomic E-state index is 12.4. The van der Waals surface area contributed by atoms with Crippen molar-refractivity contribution in [1.29, 1.82) is 0 Å².